The van der Waals surface area contributed by atoms with Crippen LogP contribution in [0.5, 0.6) is 5.75 Å². The predicted molar refractivity (Wildman–Crippen MR) is 117 cm³/mol. The molecule has 0 aliphatic carbocycles. The molecule has 0 spiro atoms. The third-order valence-corrected chi connectivity index (χ3v) is 5.66. The van der Waals surface area contributed by atoms with Crippen molar-refractivity contribution in [3.8, 4) is 5.75 Å². The van der Waals surface area contributed by atoms with Crippen molar-refractivity contribution in [2.24, 2.45) is 0 Å². The number of nitrogens with zero attached hydrogens (tertiary/aromatic N) is 3. The average Bonchev–Trinajstić information content (AvgIpc) is 3.18. The minimum absolute atomic E-state index is 0.146. The SMILES string of the molecule is CCOc1ccc(C(=O)N(Cc2cccnc2)c2nc3c(Cl)cccc3s2)cc1. The second-order valence-electron chi connectivity index (χ2n) is 6.29. The van der Waals surface area contributed by atoms with Gasteiger partial charge in [0.05, 0.1) is 22.9 Å². The molecule has 0 bridgehead atoms. The van der Waals surface area contributed by atoms with E-state index in [4.69, 9.17) is 16.3 Å². The van der Waals surface area contributed by atoms with Crippen LogP contribution >= 0.6 is 22.9 Å². The Morgan fingerprint density at radius 2 is 1.97 bits per heavy atom. The van der Waals surface area contributed by atoms with Crippen LogP contribution < -0.4 is 9.64 Å². The highest BCUT2D eigenvalue weighted by atomic mass is 35.5. The lowest BCUT2D eigenvalue weighted by Gasteiger charge is -2.20. The van der Waals surface area contributed by atoms with Crippen LogP contribution in [0.3, 0.4) is 0 Å². The van der Waals surface area contributed by atoms with Crippen molar-refractivity contribution in [1.82, 2.24) is 9.97 Å². The molecule has 2 aromatic heterocycles. The van der Waals surface area contributed by atoms with E-state index in [1.54, 1.807) is 47.6 Å². The molecule has 0 saturated carbocycles. The summed E-state index contributed by atoms with van der Waals surface area (Å²) in [6, 6.07) is 16.6. The molecule has 0 atom stereocenters. The molecule has 0 fully saturated rings. The molecule has 0 unspecified atom stereocenters. The summed E-state index contributed by atoms with van der Waals surface area (Å²) in [5.41, 5.74) is 2.17. The Balaban J connectivity index is 1.72. The van der Waals surface area contributed by atoms with E-state index in [9.17, 15) is 4.79 Å². The lowest BCUT2D eigenvalue weighted by molar-refractivity contribution is 0.0985. The number of carbonyl (C=O) groups excluding carboxylic acids is 1. The predicted octanol–water partition coefficient (Wildman–Crippen LogP) is 5.59. The lowest BCUT2D eigenvalue weighted by atomic mass is 10.2. The fourth-order valence-corrected chi connectivity index (χ4v) is 4.20. The van der Waals surface area contributed by atoms with Crippen molar-refractivity contribution < 1.29 is 9.53 Å². The van der Waals surface area contributed by atoms with E-state index in [2.05, 4.69) is 9.97 Å². The number of fused-ring (bicyclic) bond motifs is 1. The molecule has 2 aromatic carbocycles. The number of hydrogen-bond donors (Lipinski definition) is 0. The molecule has 7 heteroatoms. The second-order valence-corrected chi connectivity index (χ2v) is 7.71. The molecule has 4 aromatic rings. The zero-order valence-corrected chi connectivity index (χ0v) is 17.3. The molecule has 146 valence electrons. The molecule has 5 nitrogen and oxygen atoms in total. The van der Waals surface area contributed by atoms with E-state index < -0.39 is 0 Å². The second kappa shape index (κ2) is 8.59. The molecular weight excluding hydrogens is 406 g/mol. The lowest BCUT2D eigenvalue weighted by Crippen LogP contribution is -2.30. The zero-order chi connectivity index (χ0) is 20.2. The summed E-state index contributed by atoms with van der Waals surface area (Å²) in [6.07, 6.45) is 3.46. The molecule has 29 heavy (non-hydrogen) atoms. The van der Waals surface area contributed by atoms with Crippen molar-refractivity contribution >= 4 is 44.2 Å². The molecule has 0 saturated heterocycles. The van der Waals surface area contributed by atoms with E-state index in [0.717, 1.165) is 16.0 Å². The first-order valence-electron chi connectivity index (χ1n) is 9.14. The van der Waals surface area contributed by atoms with Gasteiger partial charge in [0, 0.05) is 18.0 Å². The Morgan fingerprint density at radius 3 is 2.66 bits per heavy atom. The number of aromatic nitrogens is 2. The van der Waals surface area contributed by atoms with Crippen molar-refractivity contribution in [2.75, 3.05) is 11.5 Å². The van der Waals surface area contributed by atoms with Crippen LogP contribution in [-0.2, 0) is 6.54 Å². The van der Waals surface area contributed by atoms with Gasteiger partial charge in [-0.15, -0.1) is 0 Å². The summed E-state index contributed by atoms with van der Waals surface area (Å²) in [7, 11) is 0. The fourth-order valence-electron chi connectivity index (χ4n) is 2.94. The van der Waals surface area contributed by atoms with Gasteiger partial charge in [-0.05, 0) is 55.0 Å². The van der Waals surface area contributed by atoms with Gasteiger partial charge in [-0.3, -0.25) is 14.7 Å². The van der Waals surface area contributed by atoms with Crippen LogP contribution in [-0.4, -0.2) is 22.5 Å². The normalized spacial score (nSPS) is 10.8. The zero-order valence-electron chi connectivity index (χ0n) is 15.7. The van der Waals surface area contributed by atoms with Crippen molar-refractivity contribution in [2.45, 2.75) is 13.5 Å². The van der Waals surface area contributed by atoms with Gasteiger partial charge >= 0.3 is 0 Å². The molecule has 1 amide bonds. The summed E-state index contributed by atoms with van der Waals surface area (Å²) < 4.78 is 6.41. The van der Waals surface area contributed by atoms with Gasteiger partial charge in [0.15, 0.2) is 5.13 Å². The largest absolute Gasteiger partial charge is 0.494 e. The summed E-state index contributed by atoms with van der Waals surface area (Å²) >= 11 is 7.73. The average molecular weight is 424 g/mol. The Hall–Kier alpha value is -2.96. The first kappa shape index (κ1) is 19.4. The third kappa shape index (κ3) is 4.23. The minimum atomic E-state index is -0.146. The van der Waals surface area contributed by atoms with Crippen LogP contribution in [0.25, 0.3) is 10.2 Å². The van der Waals surface area contributed by atoms with E-state index in [1.165, 1.54) is 11.3 Å². The highest BCUT2D eigenvalue weighted by Gasteiger charge is 2.22. The minimum Gasteiger partial charge on any atom is -0.494 e. The first-order chi connectivity index (χ1) is 14.2. The molecule has 0 N–H and O–H groups in total. The van der Waals surface area contributed by atoms with Gasteiger partial charge in [-0.25, -0.2) is 4.98 Å². The van der Waals surface area contributed by atoms with E-state index >= 15 is 0 Å². The Labute approximate surface area is 177 Å². The highest BCUT2D eigenvalue weighted by Crippen LogP contribution is 2.34. The van der Waals surface area contributed by atoms with Crippen LogP contribution in [0.15, 0.2) is 67.0 Å². The van der Waals surface area contributed by atoms with Crippen LogP contribution in [0.2, 0.25) is 5.02 Å². The number of thiazole rings is 1. The van der Waals surface area contributed by atoms with Gasteiger partial charge in [-0.1, -0.05) is 35.1 Å². The highest BCUT2D eigenvalue weighted by molar-refractivity contribution is 7.22. The van der Waals surface area contributed by atoms with Crippen LogP contribution in [0.4, 0.5) is 5.13 Å². The van der Waals surface area contributed by atoms with Crippen LogP contribution in [0, 0.1) is 0 Å². The first-order valence-corrected chi connectivity index (χ1v) is 10.3. The number of carbonyl (C=O) groups is 1. The maximum Gasteiger partial charge on any atom is 0.260 e. The topological polar surface area (TPSA) is 55.3 Å². The quantitative estimate of drug-likeness (QED) is 0.405. The number of ether oxygens (including phenoxy) is 1. The number of halogens is 1. The summed E-state index contributed by atoms with van der Waals surface area (Å²) in [5.74, 6) is 0.585. The summed E-state index contributed by atoms with van der Waals surface area (Å²) in [5, 5.41) is 1.16. The smallest absolute Gasteiger partial charge is 0.260 e. The molecule has 2 heterocycles. The van der Waals surface area contributed by atoms with Crippen molar-refractivity contribution in [3.63, 3.8) is 0 Å². The molecular formula is C22H18ClN3O2S. The van der Waals surface area contributed by atoms with Crippen molar-refractivity contribution in [3.05, 3.63) is 83.1 Å². The Kier molecular flexibility index (Phi) is 5.74. The number of pyridine rings is 1. The number of rotatable bonds is 6. The molecule has 0 aliphatic heterocycles. The van der Waals surface area contributed by atoms with Crippen LogP contribution in [0.1, 0.15) is 22.8 Å². The molecule has 0 radical (unpaired) electrons. The monoisotopic (exact) mass is 423 g/mol. The van der Waals surface area contributed by atoms with Gasteiger partial charge in [0.25, 0.3) is 5.91 Å². The van der Waals surface area contributed by atoms with Gasteiger partial charge in [-0.2, -0.15) is 0 Å². The van der Waals surface area contributed by atoms with E-state index in [1.807, 2.05) is 31.2 Å². The molecule has 0 aliphatic rings. The number of amides is 1. The fraction of sp³-hybridized carbons (Fsp3) is 0.136. The number of hydrogen-bond acceptors (Lipinski definition) is 5. The third-order valence-electron chi connectivity index (χ3n) is 4.31. The summed E-state index contributed by atoms with van der Waals surface area (Å²) in [4.78, 5) is 23.8. The summed E-state index contributed by atoms with van der Waals surface area (Å²) in [6.45, 7) is 2.86. The standard InChI is InChI=1S/C22H18ClN3O2S/c1-2-28-17-10-8-16(9-11-17)21(27)26(14-15-5-4-12-24-13-15)22-25-20-18(23)6-3-7-19(20)29-22/h3-13H,2,14H2,1H3. The van der Waals surface area contributed by atoms with Crippen molar-refractivity contribution in [1.29, 1.82) is 0 Å². The Morgan fingerprint density at radius 1 is 1.14 bits per heavy atom. The number of benzene rings is 2. The van der Waals surface area contributed by atoms with Gasteiger partial charge in [0.1, 0.15) is 11.3 Å². The van der Waals surface area contributed by atoms with Gasteiger partial charge < -0.3 is 4.74 Å². The number of para-hydroxylation sites is 1. The van der Waals surface area contributed by atoms with Gasteiger partial charge in [0.2, 0.25) is 0 Å². The van der Waals surface area contributed by atoms with E-state index in [0.29, 0.717) is 34.4 Å². The van der Waals surface area contributed by atoms with E-state index in [-0.39, 0.29) is 5.91 Å². The molecule has 4 rings (SSSR count). The maximum absolute atomic E-state index is 13.4. The number of anilines is 1. The maximum atomic E-state index is 13.4. The Bertz CT molecular complexity index is 1130.